The van der Waals surface area contributed by atoms with Crippen molar-refractivity contribution in [2.24, 2.45) is 0 Å². The largest absolute Gasteiger partial charge is 0.352 e. The SMILES string of the molecule is CC(=O)NC1CCN(C(C)CC2CCCCN2)C1. The lowest BCUT2D eigenvalue weighted by Gasteiger charge is -2.31. The van der Waals surface area contributed by atoms with Crippen molar-refractivity contribution in [3.63, 3.8) is 0 Å². The summed E-state index contributed by atoms with van der Waals surface area (Å²) in [5.74, 6) is 0.100. The maximum absolute atomic E-state index is 11.1. The third-order valence-corrected chi connectivity index (χ3v) is 4.29. The summed E-state index contributed by atoms with van der Waals surface area (Å²) in [7, 11) is 0. The lowest BCUT2D eigenvalue weighted by molar-refractivity contribution is -0.119. The number of hydrogen-bond donors (Lipinski definition) is 2. The van der Waals surface area contributed by atoms with E-state index < -0.39 is 0 Å². The van der Waals surface area contributed by atoms with E-state index in [1.54, 1.807) is 6.92 Å². The number of piperidine rings is 1. The molecule has 0 spiro atoms. The Kier molecular flexibility index (Phi) is 5.01. The summed E-state index contributed by atoms with van der Waals surface area (Å²) in [4.78, 5) is 13.6. The number of amides is 1. The average molecular weight is 253 g/mol. The summed E-state index contributed by atoms with van der Waals surface area (Å²) in [6, 6.07) is 1.69. The predicted octanol–water partition coefficient (Wildman–Crippen LogP) is 1.12. The van der Waals surface area contributed by atoms with E-state index in [0.29, 0.717) is 18.1 Å². The highest BCUT2D eigenvalue weighted by atomic mass is 16.1. The van der Waals surface area contributed by atoms with Crippen molar-refractivity contribution < 1.29 is 4.79 Å². The molecule has 0 aromatic carbocycles. The zero-order valence-corrected chi connectivity index (χ0v) is 11.7. The zero-order chi connectivity index (χ0) is 13.0. The Morgan fingerprint density at radius 1 is 1.44 bits per heavy atom. The Morgan fingerprint density at radius 3 is 2.94 bits per heavy atom. The van der Waals surface area contributed by atoms with Gasteiger partial charge in [-0.15, -0.1) is 0 Å². The molecule has 0 radical (unpaired) electrons. The average Bonchev–Trinajstić information content (AvgIpc) is 2.78. The van der Waals surface area contributed by atoms with Gasteiger partial charge in [0.1, 0.15) is 0 Å². The summed E-state index contributed by atoms with van der Waals surface area (Å²) in [6.45, 7) is 7.27. The number of carbonyl (C=O) groups excluding carboxylic acids is 1. The minimum Gasteiger partial charge on any atom is -0.352 e. The Balaban J connectivity index is 1.72. The monoisotopic (exact) mass is 253 g/mol. The summed E-state index contributed by atoms with van der Waals surface area (Å²) in [6.07, 6.45) is 6.38. The number of likely N-dealkylation sites (tertiary alicyclic amines) is 1. The maximum atomic E-state index is 11.1. The molecule has 18 heavy (non-hydrogen) atoms. The van der Waals surface area contributed by atoms with E-state index in [-0.39, 0.29) is 5.91 Å². The minimum atomic E-state index is 0.100. The molecular formula is C14H27N3O. The molecule has 2 fully saturated rings. The van der Waals surface area contributed by atoms with E-state index in [4.69, 9.17) is 0 Å². The summed E-state index contributed by atoms with van der Waals surface area (Å²) in [5.41, 5.74) is 0. The Labute approximate surface area is 110 Å². The van der Waals surface area contributed by atoms with Crippen molar-refractivity contribution in [2.75, 3.05) is 19.6 Å². The molecule has 2 aliphatic heterocycles. The number of nitrogens with one attached hydrogen (secondary N) is 2. The molecule has 2 heterocycles. The highest BCUT2D eigenvalue weighted by Crippen LogP contribution is 2.19. The molecule has 0 aliphatic carbocycles. The first-order chi connectivity index (χ1) is 8.65. The molecule has 3 atom stereocenters. The second-order valence-corrected chi connectivity index (χ2v) is 5.91. The molecule has 2 aliphatic rings. The fourth-order valence-electron chi connectivity index (χ4n) is 3.28. The highest BCUT2D eigenvalue weighted by Gasteiger charge is 2.28. The van der Waals surface area contributed by atoms with Crippen LogP contribution < -0.4 is 10.6 Å². The molecule has 0 aromatic rings. The molecule has 2 N–H and O–H groups in total. The predicted molar refractivity (Wildman–Crippen MR) is 73.5 cm³/mol. The molecule has 4 heteroatoms. The summed E-state index contributed by atoms with van der Waals surface area (Å²) in [5, 5.41) is 6.65. The fourth-order valence-corrected chi connectivity index (χ4v) is 3.28. The number of rotatable bonds is 4. The van der Waals surface area contributed by atoms with E-state index in [9.17, 15) is 4.79 Å². The van der Waals surface area contributed by atoms with Crippen LogP contribution in [0.2, 0.25) is 0 Å². The molecule has 0 aromatic heterocycles. The van der Waals surface area contributed by atoms with Gasteiger partial charge < -0.3 is 10.6 Å². The molecule has 1 amide bonds. The van der Waals surface area contributed by atoms with Crippen LogP contribution in [0.5, 0.6) is 0 Å². The third-order valence-electron chi connectivity index (χ3n) is 4.29. The molecule has 4 nitrogen and oxygen atoms in total. The van der Waals surface area contributed by atoms with E-state index >= 15 is 0 Å². The van der Waals surface area contributed by atoms with Gasteiger partial charge in [-0.2, -0.15) is 0 Å². The normalized spacial score (nSPS) is 31.2. The van der Waals surface area contributed by atoms with Gasteiger partial charge in [-0.3, -0.25) is 9.69 Å². The number of carbonyl (C=O) groups is 1. The fraction of sp³-hybridized carbons (Fsp3) is 0.929. The second kappa shape index (κ2) is 6.53. The van der Waals surface area contributed by atoms with Gasteiger partial charge in [-0.25, -0.2) is 0 Å². The van der Waals surface area contributed by atoms with Gasteiger partial charge in [0.2, 0.25) is 5.91 Å². The van der Waals surface area contributed by atoms with Gasteiger partial charge >= 0.3 is 0 Å². The molecule has 2 saturated heterocycles. The van der Waals surface area contributed by atoms with Crippen LogP contribution in [0.15, 0.2) is 0 Å². The maximum Gasteiger partial charge on any atom is 0.217 e. The lowest BCUT2D eigenvalue weighted by Crippen LogP contribution is -2.42. The van der Waals surface area contributed by atoms with Crippen LogP contribution >= 0.6 is 0 Å². The minimum absolute atomic E-state index is 0.100. The van der Waals surface area contributed by atoms with Gasteiger partial charge in [0.25, 0.3) is 0 Å². The van der Waals surface area contributed by atoms with Gasteiger partial charge in [-0.05, 0) is 39.2 Å². The molecule has 104 valence electrons. The van der Waals surface area contributed by atoms with Crippen LogP contribution in [-0.2, 0) is 4.79 Å². The molecule has 2 rings (SSSR count). The van der Waals surface area contributed by atoms with Crippen LogP contribution in [-0.4, -0.2) is 48.6 Å². The lowest BCUT2D eigenvalue weighted by atomic mass is 9.98. The van der Waals surface area contributed by atoms with Crippen molar-refractivity contribution in [3.8, 4) is 0 Å². The van der Waals surface area contributed by atoms with Gasteiger partial charge in [-0.1, -0.05) is 6.42 Å². The third kappa shape index (κ3) is 3.95. The van der Waals surface area contributed by atoms with Crippen LogP contribution in [0.4, 0.5) is 0 Å². The zero-order valence-electron chi connectivity index (χ0n) is 11.7. The first-order valence-electron chi connectivity index (χ1n) is 7.39. The van der Waals surface area contributed by atoms with Crippen LogP contribution in [0.3, 0.4) is 0 Å². The van der Waals surface area contributed by atoms with Gasteiger partial charge in [0.05, 0.1) is 0 Å². The van der Waals surface area contributed by atoms with Crippen molar-refractivity contribution in [3.05, 3.63) is 0 Å². The van der Waals surface area contributed by atoms with Crippen molar-refractivity contribution in [1.29, 1.82) is 0 Å². The topological polar surface area (TPSA) is 44.4 Å². The smallest absolute Gasteiger partial charge is 0.217 e. The Hall–Kier alpha value is -0.610. The van der Waals surface area contributed by atoms with Crippen molar-refractivity contribution in [1.82, 2.24) is 15.5 Å². The van der Waals surface area contributed by atoms with E-state index in [0.717, 1.165) is 19.5 Å². The first kappa shape index (κ1) is 13.8. The second-order valence-electron chi connectivity index (χ2n) is 5.91. The van der Waals surface area contributed by atoms with Crippen LogP contribution in [0.1, 0.15) is 46.0 Å². The van der Waals surface area contributed by atoms with Crippen LogP contribution in [0, 0.1) is 0 Å². The first-order valence-corrected chi connectivity index (χ1v) is 7.39. The quantitative estimate of drug-likeness (QED) is 0.789. The number of nitrogens with zero attached hydrogens (tertiary/aromatic N) is 1. The van der Waals surface area contributed by atoms with Crippen LogP contribution in [0.25, 0.3) is 0 Å². The van der Waals surface area contributed by atoms with E-state index in [1.807, 2.05) is 0 Å². The molecular weight excluding hydrogens is 226 g/mol. The van der Waals surface area contributed by atoms with Crippen molar-refractivity contribution >= 4 is 5.91 Å². The number of hydrogen-bond acceptors (Lipinski definition) is 3. The highest BCUT2D eigenvalue weighted by molar-refractivity contribution is 5.73. The summed E-state index contributed by atoms with van der Waals surface area (Å²) >= 11 is 0. The Morgan fingerprint density at radius 2 is 2.28 bits per heavy atom. The Bertz CT molecular complexity index is 276. The molecule has 0 saturated carbocycles. The van der Waals surface area contributed by atoms with Gasteiger partial charge in [0, 0.05) is 38.1 Å². The van der Waals surface area contributed by atoms with Crippen molar-refractivity contribution in [2.45, 2.75) is 64.1 Å². The molecule has 0 bridgehead atoms. The molecule has 3 unspecified atom stereocenters. The van der Waals surface area contributed by atoms with Gasteiger partial charge in [0.15, 0.2) is 0 Å². The standard InChI is InChI=1S/C14H27N3O/c1-11(9-13-5-3-4-7-15-13)17-8-6-14(10-17)16-12(2)18/h11,13-15H,3-10H2,1-2H3,(H,16,18). The van der Waals surface area contributed by atoms with E-state index in [1.165, 1.54) is 32.2 Å². The van der Waals surface area contributed by atoms with E-state index in [2.05, 4.69) is 22.5 Å². The summed E-state index contributed by atoms with van der Waals surface area (Å²) < 4.78 is 0.